The molecule has 0 radical (unpaired) electrons. The maximum absolute atomic E-state index is 6.01. The fourth-order valence-corrected chi connectivity index (χ4v) is 1.43. The van der Waals surface area contributed by atoms with Gasteiger partial charge in [0.25, 0.3) is 0 Å². The maximum Gasteiger partial charge on any atom is 0.138 e. The van der Waals surface area contributed by atoms with Gasteiger partial charge in [0.1, 0.15) is 17.5 Å². The number of anilines is 2. The van der Waals surface area contributed by atoms with Crippen LogP contribution in [0.1, 0.15) is 59.9 Å². The summed E-state index contributed by atoms with van der Waals surface area (Å²) < 4.78 is 0. The highest BCUT2D eigenvalue weighted by atomic mass is 15.1. The monoisotopic (exact) mass is 264 g/mol. The molecule has 0 aromatic carbocycles. The van der Waals surface area contributed by atoms with E-state index in [0.29, 0.717) is 11.9 Å². The van der Waals surface area contributed by atoms with Crippen molar-refractivity contribution >= 4 is 11.6 Å². The minimum Gasteiger partial charge on any atom is -0.383 e. The molecule has 1 atom stereocenters. The lowest BCUT2D eigenvalue weighted by molar-refractivity contribution is 0.358. The van der Waals surface area contributed by atoms with Crippen LogP contribution in [0.4, 0.5) is 11.6 Å². The Kier molecular flexibility index (Phi) is 4.13. The van der Waals surface area contributed by atoms with E-state index in [9.17, 15) is 0 Å². The smallest absolute Gasteiger partial charge is 0.138 e. The third-order valence-electron chi connectivity index (χ3n) is 3.51. The second-order valence-electron chi connectivity index (χ2n) is 7.39. The van der Waals surface area contributed by atoms with Gasteiger partial charge in [-0.25, -0.2) is 9.97 Å². The molecule has 0 spiro atoms. The summed E-state index contributed by atoms with van der Waals surface area (Å²) in [7, 11) is 0. The molecule has 4 nitrogen and oxygen atoms in total. The fraction of sp³-hybridized carbons (Fsp3) is 0.733. The average Bonchev–Trinajstić information content (AvgIpc) is 2.21. The molecule has 19 heavy (non-hydrogen) atoms. The van der Waals surface area contributed by atoms with Gasteiger partial charge < -0.3 is 11.1 Å². The summed E-state index contributed by atoms with van der Waals surface area (Å²) in [5.41, 5.74) is 6.99. The second-order valence-corrected chi connectivity index (χ2v) is 7.39. The van der Waals surface area contributed by atoms with Crippen molar-refractivity contribution in [1.82, 2.24) is 9.97 Å². The van der Waals surface area contributed by atoms with Crippen LogP contribution in [0.15, 0.2) is 0 Å². The van der Waals surface area contributed by atoms with E-state index in [0.717, 1.165) is 17.2 Å². The number of nitrogen functional groups attached to an aromatic ring is 1. The van der Waals surface area contributed by atoms with Gasteiger partial charge in [-0.2, -0.15) is 0 Å². The highest BCUT2D eigenvalue weighted by Crippen LogP contribution is 2.28. The molecule has 108 valence electrons. The maximum atomic E-state index is 6.01. The number of hydrogen-bond donors (Lipinski definition) is 2. The Morgan fingerprint density at radius 2 is 1.58 bits per heavy atom. The zero-order chi connectivity index (χ0) is 15.0. The van der Waals surface area contributed by atoms with Gasteiger partial charge in [0.05, 0.1) is 0 Å². The van der Waals surface area contributed by atoms with Gasteiger partial charge in [-0.15, -0.1) is 0 Å². The molecule has 0 aliphatic heterocycles. The van der Waals surface area contributed by atoms with Crippen molar-refractivity contribution in [3.63, 3.8) is 0 Å². The van der Waals surface area contributed by atoms with E-state index in [-0.39, 0.29) is 10.8 Å². The summed E-state index contributed by atoms with van der Waals surface area (Å²) >= 11 is 0. The Morgan fingerprint density at radius 1 is 1.05 bits per heavy atom. The minimum absolute atomic E-state index is 0.108. The molecule has 0 fully saturated rings. The molecule has 1 rings (SSSR count). The van der Waals surface area contributed by atoms with Crippen LogP contribution in [0, 0.1) is 12.3 Å². The number of nitrogens with two attached hydrogens (primary N) is 1. The van der Waals surface area contributed by atoms with Crippen LogP contribution in [0.5, 0.6) is 0 Å². The highest BCUT2D eigenvalue weighted by molar-refractivity contribution is 5.55. The van der Waals surface area contributed by atoms with E-state index in [4.69, 9.17) is 5.73 Å². The van der Waals surface area contributed by atoms with Crippen LogP contribution in [-0.4, -0.2) is 16.0 Å². The molecule has 4 heteroatoms. The van der Waals surface area contributed by atoms with Crippen molar-refractivity contribution in [2.24, 2.45) is 5.41 Å². The molecule has 1 heterocycles. The summed E-state index contributed by atoms with van der Waals surface area (Å²) in [4.78, 5) is 9.06. The number of aromatic nitrogens is 2. The summed E-state index contributed by atoms with van der Waals surface area (Å²) in [6, 6.07) is 0.299. The molecule has 1 unspecified atom stereocenters. The van der Waals surface area contributed by atoms with Crippen molar-refractivity contribution in [3.05, 3.63) is 11.4 Å². The molecule has 0 aliphatic carbocycles. The van der Waals surface area contributed by atoms with Crippen LogP contribution in [0.2, 0.25) is 0 Å². The van der Waals surface area contributed by atoms with Crippen molar-refractivity contribution in [2.75, 3.05) is 11.1 Å². The van der Waals surface area contributed by atoms with E-state index in [1.165, 1.54) is 0 Å². The van der Waals surface area contributed by atoms with Gasteiger partial charge >= 0.3 is 0 Å². The number of nitrogens with one attached hydrogen (secondary N) is 1. The SMILES string of the molecule is Cc1c(N)nc(C(C)(C)C)nc1NC(C)C(C)(C)C. The van der Waals surface area contributed by atoms with E-state index in [1.54, 1.807) is 0 Å². The average molecular weight is 264 g/mol. The lowest BCUT2D eigenvalue weighted by Gasteiger charge is -2.30. The van der Waals surface area contributed by atoms with Crippen molar-refractivity contribution in [2.45, 2.75) is 66.8 Å². The first-order valence-corrected chi connectivity index (χ1v) is 6.84. The largest absolute Gasteiger partial charge is 0.383 e. The normalized spacial score (nSPS) is 14.3. The Bertz CT molecular complexity index is 452. The van der Waals surface area contributed by atoms with Crippen molar-refractivity contribution in [3.8, 4) is 0 Å². The summed E-state index contributed by atoms with van der Waals surface area (Å²) in [5.74, 6) is 2.18. The van der Waals surface area contributed by atoms with Gasteiger partial charge in [-0.3, -0.25) is 0 Å². The summed E-state index contributed by atoms with van der Waals surface area (Å²) in [6.07, 6.45) is 0. The minimum atomic E-state index is -0.108. The predicted molar refractivity (Wildman–Crippen MR) is 82.4 cm³/mol. The third kappa shape index (κ3) is 3.82. The topological polar surface area (TPSA) is 63.8 Å². The number of hydrogen-bond acceptors (Lipinski definition) is 4. The first-order valence-electron chi connectivity index (χ1n) is 6.84. The first kappa shape index (κ1) is 15.7. The summed E-state index contributed by atoms with van der Waals surface area (Å²) in [5, 5.41) is 3.47. The molecule has 0 saturated carbocycles. The number of nitrogens with zero attached hydrogens (tertiary/aromatic N) is 2. The molecular weight excluding hydrogens is 236 g/mol. The van der Waals surface area contributed by atoms with Gasteiger partial charge in [-0.05, 0) is 19.3 Å². The van der Waals surface area contributed by atoms with Crippen LogP contribution in [0.25, 0.3) is 0 Å². The molecule has 0 bridgehead atoms. The zero-order valence-corrected chi connectivity index (χ0v) is 13.5. The van der Waals surface area contributed by atoms with E-state index >= 15 is 0 Å². The lowest BCUT2D eigenvalue weighted by Crippen LogP contribution is -2.32. The highest BCUT2D eigenvalue weighted by Gasteiger charge is 2.24. The molecule has 1 aromatic heterocycles. The van der Waals surface area contributed by atoms with Gasteiger partial charge in [-0.1, -0.05) is 41.5 Å². The second kappa shape index (κ2) is 4.99. The molecule has 3 N–H and O–H groups in total. The van der Waals surface area contributed by atoms with Crippen LogP contribution < -0.4 is 11.1 Å². The van der Waals surface area contributed by atoms with E-state index in [1.807, 2.05) is 6.92 Å². The number of rotatable bonds is 2. The third-order valence-corrected chi connectivity index (χ3v) is 3.51. The molecular formula is C15H28N4. The van der Waals surface area contributed by atoms with E-state index < -0.39 is 0 Å². The van der Waals surface area contributed by atoms with Gasteiger partial charge in [0, 0.05) is 17.0 Å². The van der Waals surface area contributed by atoms with E-state index in [2.05, 4.69) is 63.8 Å². The first-order chi connectivity index (χ1) is 8.43. The Hall–Kier alpha value is -1.32. The summed E-state index contributed by atoms with van der Waals surface area (Å²) in [6.45, 7) is 17.0. The predicted octanol–water partition coefficient (Wildman–Crippen LogP) is 3.51. The van der Waals surface area contributed by atoms with Crippen molar-refractivity contribution in [1.29, 1.82) is 0 Å². The van der Waals surface area contributed by atoms with Crippen LogP contribution in [-0.2, 0) is 5.41 Å². The standard InChI is InChI=1S/C15H28N4/c1-9-11(16)18-13(15(6,7)8)19-12(9)17-10(2)14(3,4)5/h10H,1-8H3,(H3,16,17,18,19). The van der Waals surface area contributed by atoms with Gasteiger partial charge in [0.2, 0.25) is 0 Å². The Labute approximate surface area is 117 Å². The lowest BCUT2D eigenvalue weighted by atomic mass is 9.88. The van der Waals surface area contributed by atoms with Crippen LogP contribution >= 0.6 is 0 Å². The fourth-order valence-electron chi connectivity index (χ4n) is 1.43. The molecule has 1 aromatic rings. The van der Waals surface area contributed by atoms with Crippen LogP contribution in [0.3, 0.4) is 0 Å². The Balaban J connectivity index is 3.17. The van der Waals surface area contributed by atoms with Gasteiger partial charge in [0.15, 0.2) is 0 Å². The quantitative estimate of drug-likeness (QED) is 0.858. The molecule has 0 amide bonds. The Morgan fingerprint density at radius 3 is 2.00 bits per heavy atom. The molecule has 0 saturated heterocycles. The molecule has 0 aliphatic rings. The zero-order valence-electron chi connectivity index (χ0n) is 13.5. The van der Waals surface area contributed by atoms with Crippen molar-refractivity contribution < 1.29 is 0 Å².